The molecule has 1 rings (SSSR count). The summed E-state index contributed by atoms with van der Waals surface area (Å²) in [6.45, 7) is 7.93. The maximum atomic E-state index is 12.1. The van der Waals surface area contributed by atoms with Crippen LogP contribution in [0.5, 0.6) is 0 Å². The molecule has 0 bridgehead atoms. The third kappa shape index (κ3) is 4.42. The van der Waals surface area contributed by atoms with Crippen molar-refractivity contribution in [1.82, 2.24) is 10.2 Å². The molecule has 2 amide bonds. The second kappa shape index (κ2) is 7.99. The molecule has 1 aliphatic heterocycles. The first kappa shape index (κ1) is 15.8. The molecule has 5 heteroatoms. The van der Waals surface area contributed by atoms with Crippen molar-refractivity contribution in [3.8, 4) is 0 Å². The number of likely N-dealkylation sites (tertiary alicyclic amines) is 1. The lowest BCUT2D eigenvalue weighted by atomic mass is 10.2. The summed E-state index contributed by atoms with van der Waals surface area (Å²) in [6.07, 6.45) is 10.1. The van der Waals surface area contributed by atoms with Crippen LogP contribution in [0.25, 0.3) is 0 Å². The molecule has 0 aliphatic carbocycles. The molecule has 1 heterocycles. The lowest BCUT2D eigenvalue weighted by molar-refractivity contribution is -0.136. The van der Waals surface area contributed by atoms with E-state index in [0.29, 0.717) is 13.0 Å². The summed E-state index contributed by atoms with van der Waals surface area (Å²) >= 11 is 0. The third-order valence-electron chi connectivity index (χ3n) is 3.09. The Morgan fingerprint density at radius 3 is 2.70 bits per heavy atom. The molecule has 1 saturated heterocycles. The number of rotatable bonds is 7. The van der Waals surface area contributed by atoms with Crippen LogP contribution in [0, 0.1) is 0 Å². The number of carbonyl (C=O) groups is 2. The normalized spacial score (nSPS) is 19.1. The van der Waals surface area contributed by atoms with E-state index < -0.39 is 11.9 Å². The molecule has 0 radical (unpaired) electrons. The summed E-state index contributed by atoms with van der Waals surface area (Å²) in [5, 5.41) is 2.98. The van der Waals surface area contributed by atoms with E-state index >= 15 is 0 Å². The summed E-state index contributed by atoms with van der Waals surface area (Å²) < 4.78 is 0. The first-order valence-electron chi connectivity index (χ1n) is 6.54. The van der Waals surface area contributed by atoms with E-state index in [2.05, 4.69) is 18.5 Å². The van der Waals surface area contributed by atoms with Gasteiger partial charge in [0.05, 0.1) is 6.54 Å². The largest absolute Gasteiger partial charge is 0.376 e. The van der Waals surface area contributed by atoms with Gasteiger partial charge in [0.15, 0.2) is 0 Å². The molecule has 5 nitrogen and oxygen atoms in total. The summed E-state index contributed by atoms with van der Waals surface area (Å²) in [6, 6.07) is -0.471. The van der Waals surface area contributed by atoms with Crippen LogP contribution in [-0.4, -0.2) is 35.8 Å². The molecule has 0 aromatic heterocycles. The zero-order chi connectivity index (χ0) is 15.0. The lowest BCUT2D eigenvalue weighted by Gasteiger charge is -2.22. The molecule has 0 aromatic carbocycles. The van der Waals surface area contributed by atoms with Gasteiger partial charge in [0.2, 0.25) is 11.8 Å². The van der Waals surface area contributed by atoms with Crippen LogP contribution in [0.4, 0.5) is 0 Å². The molecule has 0 saturated carbocycles. The number of nitrogens with zero attached hydrogens (tertiary/aromatic N) is 1. The highest BCUT2D eigenvalue weighted by Gasteiger charge is 2.32. The van der Waals surface area contributed by atoms with Crippen molar-refractivity contribution in [3.63, 3.8) is 0 Å². The summed E-state index contributed by atoms with van der Waals surface area (Å²) in [5.41, 5.74) is 6.02. The zero-order valence-corrected chi connectivity index (χ0v) is 11.5. The minimum absolute atomic E-state index is 0.115. The van der Waals surface area contributed by atoms with Crippen molar-refractivity contribution in [2.75, 3.05) is 13.1 Å². The fraction of sp³-hybridized carbons (Fsp3) is 0.333. The predicted octanol–water partition coefficient (Wildman–Crippen LogP) is 0.864. The number of hydrogen-bond donors (Lipinski definition) is 2. The van der Waals surface area contributed by atoms with Gasteiger partial charge < -0.3 is 16.0 Å². The highest BCUT2D eigenvalue weighted by Crippen LogP contribution is 2.16. The second-order valence-corrected chi connectivity index (χ2v) is 4.45. The number of hydrogen-bond acceptors (Lipinski definition) is 3. The molecule has 3 N–H and O–H groups in total. The van der Waals surface area contributed by atoms with Crippen molar-refractivity contribution in [2.24, 2.45) is 5.73 Å². The molecule has 1 fully saturated rings. The zero-order valence-electron chi connectivity index (χ0n) is 11.5. The highest BCUT2D eigenvalue weighted by atomic mass is 16.2. The minimum atomic E-state index is -0.471. The van der Waals surface area contributed by atoms with E-state index in [9.17, 15) is 9.59 Å². The molecule has 1 atom stereocenters. The van der Waals surface area contributed by atoms with E-state index in [0.717, 1.165) is 12.1 Å². The Morgan fingerprint density at radius 2 is 2.10 bits per heavy atom. The van der Waals surface area contributed by atoms with E-state index in [1.807, 2.05) is 0 Å². The molecule has 108 valence electrons. The average molecular weight is 275 g/mol. The Labute approximate surface area is 119 Å². The Balaban J connectivity index is 2.55. The third-order valence-corrected chi connectivity index (χ3v) is 3.09. The summed E-state index contributed by atoms with van der Waals surface area (Å²) in [5.74, 6) is -0.573. The number of nitrogens with one attached hydrogen (secondary N) is 1. The quantitative estimate of drug-likeness (QED) is 0.677. The van der Waals surface area contributed by atoms with Gasteiger partial charge in [-0.05, 0) is 25.0 Å². The van der Waals surface area contributed by atoms with Crippen molar-refractivity contribution >= 4 is 11.8 Å². The van der Waals surface area contributed by atoms with Gasteiger partial charge in [-0.25, -0.2) is 0 Å². The van der Waals surface area contributed by atoms with E-state index in [-0.39, 0.29) is 12.5 Å². The molecule has 1 unspecified atom stereocenters. The van der Waals surface area contributed by atoms with Gasteiger partial charge in [-0.3, -0.25) is 9.59 Å². The highest BCUT2D eigenvalue weighted by molar-refractivity contribution is 5.88. The van der Waals surface area contributed by atoms with Gasteiger partial charge in [0.25, 0.3) is 0 Å². The molecule has 0 aromatic rings. The Kier molecular flexibility index (Phi) is 6.29. The maximum absolute atomic E-state index is 12.1. The van der Waals surface area contributed by atoms with Crippen LogP contribution in [0.3, 0.4) is 0 Å². The van der Waals surface area contributed by atoms with Gasteiger partial charge >= 0.3 is 0 Å². The van der Waals surface area contributed by atoms with Crippen LogP contribution in [-0.2, 0) is 9.59 Å². The molecule has 20 heavy (non-hydrogen) atoms. The van der Waals surface area contributed by atoms with Gasteiger partial charge in [-0.15, -0.1) is 0 Å². The first-order chi connectivity index (χ1) is 9.60. The summed E-state index contributed by atoms with van der Waals surface area (Å²) in [4.78, 5) is 24.9. The minimum Gasteiger partial charge on any atom is -0.376 e. The van der Waals surface area contributed by atoms with Gasteiger partial charge in [0.1, 0.15) is 6.04 Å². The number of primary amides is 1. The van der Waals surface area contributed by atoms with Crippen molar-refractivity contribution < 1.29 is 9.59 Å². The van der Waals surface area contributed by atoms with Gasteiger partial charge in [-0.2, -0.15) is 0 Å². The van der Waals surface area contributed by atoms with E-state index in [1.165, 1.54) is 4.90 Å². The predicted molar refractivity (Wildman–Crippen MR) is 79.5 cm³/mol. The van der Waals surface area contributed by atoms with Crippen LogP contribution < -0.4 is 11.1 Å². The average Bonchev–Trinajstić information content (AvgIpc) is 2.92. The smallest absolute Gasteiger partial charge is 0.242 e. The number of carbonyl (C=O) groups excluding carboxylic acids is 2. The molecular weight excluding hydrogens is 254 g/mol. The standard InChI is InChI=1S/C15H21N3O2/c1-3-5-6-8-12(4-2)17-11-14(19)18-10-7-9-13(18)15(16)20/h3-6,8,13,17H,1-2,7,9-11H2,(H2,16,20)/b6-5-,12-8+. The maximum Gasteiger partial charge on any atom is 0.242 e. The van der Waals surface area contributed by atoms with Crippen LogP contribution in [0.2, 0.25) is 0 Å². The number of amides is 2. The second-order valence-electron chi connectivity index (χ2n) is 4.45. The monoisotopic (exact) mass is 275 g/mol. The molecule has 1 aliphatic rings. The van der Waals surface area contributed by atoms with E-state index in [1.54, 1.807) is 30.4 Å². The molecular formula is C15H21N3O2. The van der Waals surface area contributed by atoms with Crippen LogP contribution >= 0.6 is 0 Å². The Morgan fingerprint density at radius 1 is 1.35 bits per heavy atom. The van der Waals surface area contributed by atoms with E-state index in [4.69, 9.17) is 5.73 Å². The van der Waals surface area contributed by atoms with Gasteiger partial charge in [-0.1, -0.05) is 31.4 Å². The number of nitrogens with two attached hydrogens (primary N) is 1. The summed E-state index contributed by atoms with van der Waals surface area (Å²) in [7, 11) is 0. The fourth-order valence-corrected chi connectivity index (χ4v) is 2.08. The Bertz CT molecular complexity index is 452. The topological polar surface area (TPSA) is 75.4 Å². The SMILES string of the molecule is C=C/C=C\C=C(/C=C)NCC(=O)N1CCCC1C(N)=O. The lowest BCUT2D eigenvalue weighted by Crippen LogP contribution is -2.46. The van der Waals surface area contributed by atoms with Crippen molar-refractivity contribution in [3.05, 3.63) is 49.2 Å². The Hall–Kier alpha value is -2.30. The first-order valence-corrected chi connectivity index (χ1v) is 6.54. The molecule has 0 spiro atoms. The van der Waals surface area contributed by atoms with Gasteiger partial charge in [0, 0.05) is 12.2 Å². The van der Waals surface area contributed by atoms with Crippen LogP contribution in [0.15, 0.2) is 49.2 Å². The fourth-order valence-electron chi connectivity index (χ4n) is 2.08. The van der Waals surface area contributed by atoms with Crippen LogP contribution in [0.1, 0.15) is 12.8 Å². The van der Waals surface area contributed by atoms with Crippen molar-refractivity contribution in [2.45, 2.75) is 18.9 Å². The van der Waals surface area contributed by atoms with Crippen molar-refractivity contribution in [1.29, 1.82) is 0 Å². The number of allylic oxidation sites excluding steroid dienone is 5.